The molecule has 0 saturated heterocycles. The summed E-state index contributed by atoms with van der Waals surface area (Å²) < 4.78 is 5.18. The van der Waals surface area contributed by atoms with Gasteiger partial charge in [0.2, 0.25) is 11.7 Å². The first-order valence-corrected chi connectivity index (χ1v) is 5.76. The van der Waals surface area contributed by atoms with E-state index >= 15 is 0 Å². The third-order valence-electron chi connectivity index (χ3n) is 2.45. The van der Waals surface area contributed by atoms with Gasteiger partial charge in [-0.25, -0.2) is 0 Å². The van der Waals surface area contributed by atoms with Crippen molar-refractivity contribution in [1.82, 2.24) is 20.4 Å². The van der Waals surface area contributed by atoms with Gasteiger partial charge in [0.25, 0.3) is 0 Å². The van der Waals surface area contributed by atoms with Gasteiger partial charge in [-0.3, -0.25) is 4.98 Å². The van der Waals surface area contributed by atoms with E-state index in [1.807, 2.05) is 19.1 Å². The second kappa shape index (κ2) is 5.54. The smallest absolute Gasteiger partial charge is 0.228 e. The first-order valence-electron chi connectivity index (χ1n) is 5.76. The molecule has 0 aromatic carbocycles. The van der Waals surface area contributed by atoms with E-state index in [4.69, 9.17) is 4.52 Å². The zero-order valence-electron chi connectivity index (χ0n) is 10.1. The molecule has 0 saturated carbocycles. The standard InChI is InChI=1S/C12H16N4O/c1-3-13-8-6-10-15-12(16-17-10)11-9(2)5-4-7-14-11/h4-5,7,13H,3,6,8H2,1-2H3. The first kappa shape index (κ1) is 11.7. The largest absolute Gasteiger partial charge is 0.339 e. The number of nitrogens with one attached hydrogen (secondary N) is 1. The van der Waals surface area contributed by atoms with Crippen molar-refractivity contribution < 1.29 is 4.52 Å². The number of hydrogen-bond donors (Lipinski definition) is 1. The number of rotatable bonds is 5. The molecule has 5 heteroatoms. The van der Waals surface area contributed by atoms with Gasteiger partial charge in [-0.1, -0.05) is 18.1 Å². The molecule has 2 aromatic rings. The van der Waals surface area contributed by atoms with Gasteiger partial charge in [-0.2, -0.15) is 4.98 Å². The Bertz CT molecular complexity index is 481. The van der Waals surface area contributed by atoms with Crippen molar-refractivity contribution in [1.29, 1.82) is 0 Å². The number of aromatic nitrogens is 3. The fraction of sp³-hybridized carbons (Fsp3) is 0.417. The van der Waals surface area contributed by atoms with Crippen molar-refractivity contribution in [3.63, 3.8) is 0 Å². The Morgan fingerprint density at radius 2 is 2.29 bits per heavy atom. The Kier molecular flexibility index (Phi) is 3.82. The van der Waals surface area contributed by atoms with Crippen LogP contribution < -0.4 is 5.32 Å². The van der Waals surface area contributed by atoms with E-state index in [1.54, 1.807) is 6.20 Å². The maximum atomic E-state index is 5.18. The fourth-order valence-corrected chi connectivity index (χ4v) is 1.54. The Morgan fingerprint density at radius 1 is 1.41 bits per heavy atom. The number of likely N-dealkylation sites (N-methyl/N-ethyl adjacent to an activating group) is 1. The molecule has 0 aliphatic rings. The molecule has 17 heavy (non-hydrogen) atoms. The van der Waals surface area contributed by atoms with Gasteiger partial charge < -0.3 is 9.84 Å². The third kappa shape index (κ3) is 2.88. The summed E-state index contributed by atoms with van der Waals surface area (Å²) in [5.41, 5.74) is 1.83. The molecule has 5 nitrogen and oxygen atoms in total. The summed E-state index contributed by atoms with van der Waals surface area (Å²) in [5, 5.41) is 7.16. The lowest BCUT2D eigenvalue weighted by Gasteiger charge is -1.97. The monoisotopic (exact) mass is 232 g/mol. The highest BCUT2D eigenvalue weighted by molar-refractivity contribution is 5.52. The molecule has 0 radical (unpaired) electrons. The number of pyridine rings is 1. The Morgan fingerprint density at radius 3 is 3.06 bits per heavy atom. The number of nitrogens with zero attached hydrogens (tertiary/aromatic N) is 3. The minimum absolute atomic E-state index is 0.564. The quantitative estimate of drug-likeness (QED) is 0.793. The van der Waals surface area contributed by atoms with Crippen LogP contribution >= 0.6 is 0 Å². The first-order chi connectivity index (χ1) is 8.31. The van der Waals surface area contributed by atoms with Crippen LogP contribution in [0.3, 0.4) is 0 Å². The molecule has 90 valence electrons. The summed E-state index contributed by atoms with van der Waals surface area (Å²) in [6.45, 7) is 5.84. The lowest BCUT2D eigenvalue weighted by atomic mass is 10.2. The molecule has 0 amide bonds. The number of hydrogen-bond acceptors (Lipinski definition) is 5. The Labute approximate surface area is 100 Å². The van der Waals surface area contributed by atoms with Gasteiger partial charge in [0.1, 0.15) is 5.69 Å². The molecule has 0 fully saturated rings. The lowest BCUT2D eigenvalue weighted by Crippen LogP contribution is -2.16. The van der Waals surface area contributed by atoms with Gasteiger partial charge in [0, 0.05) is 19.2 Å². The molecule has 2 aromatic heterocycles. The maximum Gasteiger partial charge on any atom is 0.228 e. The van der Waals surface area contributed by atoms with Crippen LogP contribution in [0.25, 0.3) is 11.5 Å². The van der Waals surface area contributed by atoms with Crippen LogP contribution in [0.5, 0.6) is 0 Å². The van der Waals surface area contributed by atoms with Gasteiger partial charge in [0.15, 0.2) is 0 Å². The third-order valence-corrected chi connectivity index (χ3v) is 2.45. The zero-order valence-corrected chi connectivity index (χ0v) is 10.1. The van der Waals surface area contributed by atoms with Crippen LogP contribution in [0, 0.1) is 6.92 Å². The molecule has 1 N–H and O–H groups in total. The van der Waals surface area contributed by atoms with Crippen molar-refractivity contribution >= 4 is 0 Å². The van der Waals surface area contributed by atoms with Crippen LogP contribution in [0.1, 0.15) is 18.4 Å². The minimum atomic E-state index is 0.564. The van der Waals surface area contributed by atoms with Crippen molar-refractivity contribution in [3.8, 4) is 11.5 Å². The molecular formula is C12H16N4O. The summed E-state index contributed by atoms with van der Waals surface area (Å²) in [4.78, 5) is 8.59. The van der Waals surface area contributed by atoms with Gasteiger partial charge >= 0.3 is 0 Å². The molecule has 2 rings (SSSR count). The van der Waals surface area contributed by atoms with Crippen LogP contribution in [-0.4, -0.2) is 28.2 Å². The molecule has 0 bridgehead atoms. The van der Waals surface area contributed by atoms with Crippen LogP contribution in [-0.2, 0) is 6.42 Å². The van der Waals surface area contributed by atoms with E-state index in [2.05, 4.69) is 27.4 Å². The van der Waals surface area contributed by atoms with E-state index in [0.29, 0.717) is 11.7 Å². The Hall–Kier alpha value is -1.75. The van der Waals surface area contributed by atoms with Crippen molar-refractivity contribution in [3.05, 3.63) is 29.8 Å². The summed E-state index contributed by atoms with van der Waals surface area (Å²) in [6.07, 6.45) is 2.48. The summed E-state index contributed by atoms with van der Waals surface area (Å²) >= 11 is 0. The summed E-state index contributed by atoms with van der Waals surface area (Å²) in [5.74, 6) is 1.21. The molecule has 2 heterocycles. The van der Waals surface area contributed by atoms with Crippen molar-refractivity contribution in [2.45, 2.75) is 20.3 Å². The highest BCUT2D eigenvalue weighted by Crippen LogP contribution is 2.16. The van der Waals surface area contributed by atoms with Crippen LogP contribution in [0.2, 0.25) is 0 Å². The zero-order chi connectivity index (χ0) is 12.1. The Balaban J connectivity index is 2.10. The molecule has 0 atom stereocenters. The van der Waals surface area contributed by atoms with Gasteiger partial charge in [-0.15, -0.1) is 0 Å². The average molecular weight is 232 g/mol. The maximum absolute atomic E-state index is 5.18. The molecule has 0 unspecified atom stereocenters. The molecular weight excluding hydrogens is 216 g/mol. The highest BCUT2D eigenvalue weighted by atomic mass is 16.5. The van der Waals surface area contributed by atoms with Gasteiger partial charge in [-0.05, 0) is 25.1 Å². The van der Waals surface area contributed by atoms with Crippen molar-refractivity contribution in [2.75, 3.05) is 13.1 Å². The van der Waals surface area contributed by atoms with Crippen LogP contribution in [0.4, 0.5) is 0 Å². The van der Waals surface area contributed by atoms with E-state index in [9.17, 15) is 0 Å². The van der Waals surface area contributed by atoms with E-state index in [-0.39, 0.29) is 0 Å². The second-order valence-electron chi connectivity index (χ2n) is 3.78. The predicted molar refractivity (Wildman–Crippen MR) is 64.5 cm³/mol. The number of aryl methyl sites for hydroxylation is 1. The summed E-state index contributed by atoms with van der Waals surface area (Å²) in [6, 6.07) is 3.88. The molecule has 0 spiro atoms. The topological polar surface area (TPSA) is 63.8 Å². The van der Waals surface area contributed by atoms with Crippen LogP contribution in [0.15, 0.2) is 22.9 Å². The second-order valence-corrected chi connectivity index (χ2v) is 3.78. The van der Waals surface area contributed by atoms with Gasteiger partial charge in [0.05, 0.1) is 0 Å². The normalized spacial score (nSPS) is 10.7. The minimum Gasteiger partial charge on any atom is -0.339 e. The molecule has 0 aliphatic heterocycles. The average Bonchev–Trinajstić information content (AvgIpc) is 2.79. The fourth-order valence-electron chi connectivity index (χ4n) is 1.54. The van der Waals surface area contributed by atoms with Crippen molar-refractivity contribution in [2.24, 2.45) is 0 Å². The van der Waals surface area contributed by atoms with E-state index in [0.717, 1.165) is 30.8 Å². The van der Waals surface area contributed by atoms with E-state index < -0.39 is 0 Å². The highest BCUT2D eigenvalue weighted by Gasteiger charge is 2.11. The lowest BCUT2D eigenvalue weighted by molar-refractivity contribution is 0.376. The SMILES string of the molecule is CCNCCc1nc(-c2ncccc2C)no1. The summed E-state index contributed by atoms with van der Waals surface area (Å²) in [7, 11) is 0. The molecule has 0 aliphatic carbocycles. The predicted octanol–water partition coefficient (Wildman–Crippen LogP) is 1.59. The van der Waals surface area contributed by atoms with E-state index in [1.165, 1.54) is 0 Å².